The maximum atomic E-state index is 4.72. The lowest BCUT2D eigenvalue weighted by molar-refractivity contribution is 0.594. The van der Waals surface area contributed by atoms with E-state index in [0.29, 0.717) is 12.0 Å². The molecule has 15 heavy (non-hydrogen) atoms. The highest BCUT2D eigenvalue weighted by Crippen LogP contribution is 2.23. The molecular formula is C12H20N2S. The Balaban J connectivity index is 1.94. The van der Waals surface area contributed by atoms with E-state index < -0.39 is 0 Å². The molecule has 2 nitrogen and oxygen atoms in total. The number of hydrogen-bond donors (Lipinski definition) is 1. The summed E-state index contributed by atoms with van der Waals surface area (Å²) < 4.78 is 0. The van der Waals surface area contributed by atoms with E-state index in [9.17, 15) is 0 Å². The van der Waals surface area contributed by atoms with Gasteiger partial charge in [0.15, 0.2) is 0 Å². The molecule has 84 valence electrons. The summed E-state index contributed by atoms with van der Waals surface area (Å²) in [6.07, 6.45) is 4.95. The molecule has 2 heterocycles. The number of nitrogens with zero attached hydrogens (tertiary/aromatic N) is 1. The monoisotopic (exact) mass is 224 g/mol. The highest BCUT2D eigenvalue weighted by molar-refractivity contribution is 7.09. The average molecular weight is 224 g/mol. The summed E-state index contributed by atoms with van der Waals surface area (Å²) in [6, 6.07) is 0.678. The number of rotatable bonds is 4. The van der Waals surface area contributed by atoms with Crippen LogP contribution in [0.15, 0.2) is 5.38 Å². The van der Waals surface area contributed by atoms with Gasteiger partial charge in [0.25, 0.3) is 0 Å². The van der Waals surface area contributed by atoms with Crippen LogP contribution in [0.1, 0.15) is 49.7 Å². The number of aromatic nitrogens is 1. The summed E-state index contributed by atoms with van der Waals surface area (Å²) in [5.41, 5.74) is 1.29. The van der Waals surface area contributed by atoms with Gasteiger partial charge in [0.2, 0.25) is 0 Å². The van der Waals surface area contributed by atoms with Crippen LogP contribution in [0, 0.1) is 0 Å². The molecular weight excluding hydrogens is 204 g/mol. The Morgan fingerprint density at radius 3 is 3.20 bits per heavy atom. The van der Waals surface area contributed by atoms with Crippen LogP contribution in [0.3, 0.4) is 0 Å². The maximum Gasteiger partial charge on any atom is 0.0956 e. The van der Waals surface area contributed by atoms with Gasteiger partial charge < -0.3 is 5.32 Å². The highest BCUT2D eigenvalue weighted by atomic mass is 32.1. The molecule has 2 unspecified atom stereocenters. The van der Waals surface area contributed by atoms with Crippen LogP contribution in [0.5, 0.6) is 0 Å². The van der Waals surface area contributed by atoms with Crippen molar-refractivity contribution in [3.05, 3.63) is 16.1 Å². The molecule has 0 aromatic carbocycles. The fourth-order valence-electron chi connectivity index (χ4n) is 2.00. The minimum absolute atomic E-state index is 0.625. The molecule has 1 aromatic heterocycles. The van der Waals surface area contributed by atoms with Crippen LogP contribution >= 0.6 is 11.3 Å². The molecule has 1 N–H and O–H groups in total. The zero-order valence-corrected chi connectivity index (χ0v) is 10.4. The minimum Gasteiger partial charge on any atom is -0.314 e. The van der Waals surface area contributed by atoms with Crippen molar-refractivity contribution >= 4 is 11.3 Å². The quantitative estimate of drug-likeness (QED) is 0.850. The van der Waals surface area contributed by atoms with Crippen LogP contribution in [0.2, 0.25) is 0 Å². The second kappa shape index (κ2) is 5.08. The zero-order valence-electron chi connectivity index (χ0n) is 9.62. The largest absolute Gasteiger partial charge is 0.314 e. The first kappa shape index (κ1) is 11.1. The molecule has 3 heteroatoms. The molecule has 2 rings (SSSR count). The molecule has 0 radical (unpaired) electrons. The Hall–Kier alpha value is -0.410. The molecule has 0 aliphatic carbocycles. The fraction of sp³-hybridized carbons (Fsp3) is 0.750. The van der Waals surface area contributed by atoms with E-state index in [-0.39, 0.29) is 0 Å². The molecule has 0 spiro atoms. The van der Waals surface area contributed by atoms with Gasteiger partial charge in [-0.1, -0.05) is 13.8 Å². The molecule has 0 saturated carbocycles. The van der Waals surface area contributed by atoms with E-state index >= 15 is 0 Å². The average Bonchev–Trinajstić information content (AvgIpc) is 2.88. The topological polar surface area (TPSA) is 24.9 Å². The van der Waals surface area contributed by atoms with Crippen molar-refractivity contribution in [3.63, 3.8) is 0 Å². The summed E-state index contributed by atoms with van der Waals surface area (Å²) in [5.74, 6) is 0.625. The zero-order chi connectivity index (χ0) is 10.7. The lowest BCUT2D eigenvalue weighted by Gasteiger charge is -2.07. The Labute approximate surface area is 96.1 Å². The van der Waals surface area contributed by atoms with Crippen LogP contribution in [0.4, 0.5) is 0 Å². The van der Waals surface area contributed by atoms with Gasteiger partial charge in [0.05, 0.1) is 10.7 Å². The van der Waals surface area contributed by atoms with Gasteiger partial charge in [-0.15, -0.1) is 11.3 Å². The van der Waals surface area contributed by atoms with Crippen molar-refractivity contribution < 1.29 is 0 Å². The van der Waals surface area contributed by atoms with Crippen molar-refractivity contribution in [1.29, 1.82) is 0 Å². The Morgan fingerprint density at radius 1 is 1.67 bits per heavy atom. The standard InChI is InChI=1S/C12H20N2S/c1-3-9(2)12-14-11(8-15-12)7-10-5-4-6-13-10/h8-10,13H,3-7H2,1-2H3. The van der Waals surface area contributed by atoms with Gasteiger partial charge in [-0.3, -0.25) is 0 Å². The van der Waals surface area contributed by atoms with Gasteiger partial charge in [0, 0.05) is 23.8 Å². The molecule has 0 bridgehead atoms. The number of thiazole rings is 1. The van der Waals surface area contributed by atoms with Gasteiger partial charge in [0.1, 0.15) is 0 Å². The van der Waals surface area contributed by atoms with E-state index in [0.717, 1.165) is 6.42 Å². The fourth-order valence-corrected chi connectivity index (χ4v) is 2.98. The third-order valence-corrected chi connectivity index (χ3v) is 4.35. The van der Waals surface area contributed by atoms with E-state index in [2.05, 4.69) is 24.5 Å². The maximum absolute atomic E-state index is 4.72. The molecule has 1 saturated heterocycles. The van der Waals surface area contributed by atoms with Crippen LogP contribution in [0.25, 0.3) is 0 Å². The van der Waals surface area contributed by atoms with Crippen molar-refractivity contribution in [1.82, 2.24) is 10.3 Å². The van der Waals surface area contributed by atoms with Crippen molar-refractivity contribution in [3.8, 4) is 0 Å². The Morgan fingerprint density at radius 2 is 2.53 bits per heavy atom. The summed E-state index contributed by atoms with van der Waals surface area (Å²) in [5, 5.41) is 7.07. The SMILES string of the molecule is CCC(C)c1nc(CC2CCCN2)cs1. The van der Waals surface area contributed by atoms with Gasteiger partial charge in [-0.25, -0.2) is 4.98 Å². The van der Waals surface area contributed by atoms with E-state index in [1.54, 1.807) is 0 Å². The molecule has 1 fully saturated rings. The van der Waals surface area contributed by atoms with Gasteiger partial charge in [-0.05, 0) is 25.8 Å². The van der Waals surface area contributed by atoms with E-state index in [4.69, 9.17) is 4.98 Å². The van der Waals surface area contributed by atoms with Gasteiger partial charge in [-0.2, -0.15) is 0 Å². The first-order valence-corrected chi connectivity index (χ1v) is 6.85. The normalized spacial score (nSPS) is 23.2. The van der Waals surface area contributed by atoms with Gasteiger partial charge >= 0.3 is 0 Å². The lowest BCUT2D eigenvalue weighted by atomic mass is 10.1. The van der Waals surface area contributed by atoms with Crippen LogP contribution in [-0.2, 0) is 6.42 Å². The molecule has 1 aliphatic heterocycles. The molecule has 1 aromatic rings. The predicted octanol–water partition coefficient (Wildman–Crippen LogP) is 2.95. The van der Waals surface area contributed by atoms with Crippen molar-refractivity contribution in [2.45, 2.75) is 51.5 Å². The molecule has 1 aliphatic rings. The third-order valence-electron chi connectivity index (χ3n) is 3.22. The van der Waals surface area contributed by atoms with Crippen LogP contribution < -0.4 is 5.32 Å². The summed E-state index contributed by atoms with van der Waals surface area (Å²) in [6.45, 7) is 5.67. The first-order chi connectivity index (χ1) is 7.29. The molecule has 2 atom stereocenters. The second-order valence-electron chi connectivity index (χ2n) is 4.48. The van der Waals surface area contributed by atoms with E-state index in [1.807, 2.05) is 11.3 Å². The Bertz CT molecular complexity index is 302. The van der Waals surface area contributed by atoms with Crippen LogP contribution in [-0.4, -0.2) is 17.6 Å². The highest BCUT2D eigenvalue weighted by Gasteiger charge is 2.16. The molecule has 0 amide bonds. The lowest BCUT2D eigenvalue weighted by Crippen LogP contribution is -2.23. The van der Waals surface area contributed by atoms with Crippen molar-refractivity contribution in [2.24, 2.45) is 0 Å². The third kappa shape index (κ3) is 2.79. The summed E-state index contributed by atoms with van der Waals surface area (Å²) >= 11 is 1.83. The number of hydrogen-bond acceptors (Lipinski definition) is 3. The summed E-state index contributed by atoms with van der Waals surface area (Å²) in [4.78, 5) is 4.72. The number of nitrogens with one attached hydrogen (secondary N) is 1. The second-order valence-corrected chi connectivity index (χ2v) is 5.37. The van der Waals surface area contributed by atoms with Crippen molar-refractivity contribution in [2.75, 3.05) is 6.54 Å². The predicted molar refractivity (Wildman–Crippen MR) is 65.5 cm³/mol. The Kier molecular flexibility index (Phi) is 3.76. The van der Waals surface area contributed by atoms with E-state index in [1.165, 1.54) is 36.5 Å². The summed E-state index contributed by atoms with van der Waals surface area (Å²) in [7, 11) is 0. The minimum atomic E-state index is 0.625. The first-order valence-electron chi connectivity index (χ1n) is 5.97. The smallest absolute Gasteiger partial charge is 0.0956 e.